The zero-order chi connectivity index (χ0) is 19.4. The van der Waals surface area contributed by atoms with Gasteiger partial charge in [-0.1, -0.05) is 30.3 Å². The number of nitrogens with one attached hydrogen (secondary N) is 1. The van der Waals surface area contributed by atoms with E-state index in [0.29, 0.717) is 25.3 Å². The highest BCUT2D eigenvalue weighted by molar-refractivity contribution is 5.87. The molecule has 0 spiro atoms. The van der Waals surface area contributed by atoms with Crippen molar-refractivity contribution >= 4 is 12.0 Å². The van der Waals surface area contributed by atoms with E-state index in [1.54, 1.807) is 0 Å². The SMILES string of the molecule is CC(C)(C)OC(=O)N1CCNC(=O)C1C(Cc1ccccc1)C1=COCO1. The summed E-state index contributed by atoms with van der Waals surface area (Å²) in [5.74, 6) is -0.0263. The van der Waals surface area contributed by atoms with Crippen molar-refractivity contribution in [2.45, 2.75) is 38.8 Å². The molecule has 0 bridgehead atoms. The van der Waals surface area contributed by atoms with Crippen LogP contribution in [-0.2, 0) is 25.4 Å². The number of nitrogens with zero attached hydrogens (tertiary/aromatic N) is 1. The molecule has 0 radical (unpaired) electrons. The van der Waals surface area contributed by atoms with Crippen molar-refractivity contribution in [1.29, 1.82) is 0 Å². The summed E-state index contributed by atoms with van der Waals surface area (Å²) in [6.45, 7) is 6.31. The van der Waals surface area contributed by atoms with Crippen LogP contribution in [0.3, 0.4) is 0 Å². The molecule has 1 N–H and O–H groups in total. The van der Waals surface area contributed by atoms with Crippen LogP contribution in [-0.4, -0.2) is 48.4 Å². The molecule has 27 heavy (non-hydrogen) atoms. The standard InChI is InChI=1S/C20H26N2O5/c1-20(2,3)27-19(24)22-10-9-21-18(23)17(22)15(16-12-25-13-26-16)11-14-7-5-4-6-8-14/h4-8,12,15,17H,9-11,13H2,1-3H3,(H,21,23). The number of carbonyl (C=O) groups excluding carboxylic acids is 2. The van der Waals surface area contributed by atoms with E-state index in [-0.39, 0.29) is 18.6 Å². The number of carbonyl (C=O) groups is 2. The molecule has 0 aliphatic carbocycles. The van der Waals surface area contributed by atoms with Gasteiger partial charge in [0.15, 0.2) is 0 Å². The fourth-order valence-electron chi connectivity index (χ4n) is 3.29. The third kappa shape index (κ3) is 4.72. The number of piperazine rings is 1. The first-order chi connectivity index (χ1) is 12.8. The zero-order valence-corrected chi connectivity index (χ0v) is 15.9. The van der Waals surface area contributed by atoms with E-state index in [1.165, 1.54) is 11.2 Å². The predicted molar refractivity (Wildman–Crippen MR) is 98.5 cm³/mol. The second-order valence-electron chi connectivity index (χ2n) is 7.65. The maximum Gasteiger partial charge on any atom is 0.411 e. The van der Waals surface area contributed by atoms with Crippen molar-refractivity contribution in [3.05, 3.63) is 47.9 Å². The van der Waals surface area contributed by atoms with E-state index >= 15 is 0 Å². The van der Waals surface area contributed by atoms with E-state index in [1.807, 2.05) is 51.1 Å². The molecule has 1 saturated heterocycles. The zero-order valence-electron chi connectivity index (χ0n) is 15.9. The number of benzene rings is 1. The van der Waals surface area contributed by atoms with Gasteiger partial charge in [-0.25, -0.2) is 4.79 Å². The van der Waals surface area contributed by atoms with Gasteiger partial charge in [0, 0.05) is 13.1 Å². The van der Waals surface area contributed by atoms with Gasteiger partial charge in [-0.05, 0) is 32.8 Å². The summed E-state index contributed by atoms with van der Waals surface area (Å²) < 4.78 is 16.4. The van der Waals surface area contributed by atoms with Crippen LogP contribution in [0.15, 0.2) is 42.4 Å². The third-order valence-electron chi connectivity index (χ3n) is 4.42. The van der Waals surface area contributed by atoms with E-state index in [0.717, 1.165) is 5.56 Å². The molecule has 3 rings (SSSR count). The monoisotopic (exact) mass is 374 g/mol. The van der Waals surface area contributed by atoms with Gasteiger partial charge in [-0.3, -0.25) is 9.69 Å². The maximum absolute atomic E-state index is 12.8. The Morgan fingerprint density at radius 2 is 2.07 bits per heavy atom. The molecular weight excluding hydrogens is 348 g/mol. The van der Waals surface area contributed by atoms with Gasteiger partial charge in [0.1, 0.15) is 23.7 Å². The van der Waals surface area contributed by atoms with Crippen molar-refractivity contribution < 1.29 is 23.8 Å². The first-order valence-corrected chi connectivity index (χ1v) is 9.11. The van der Waals surface area contributed by atoms with Crippen LogP contribution in [0.5, 0.6) is 0 Å². The minimum absolute atomic E-state index is 0.112. The number of amides is 2. The minimum atomic E-state index is -0.734. The average Bonchev–Trinajstić information content (AvgIpc) is 3.14. The minimum Gasteiger partial charge on any atom is -0.462 e. The lowest BCUT2D eigenvalue weighted by Crippen LogP contribution is -2.61. The topological polar surface area (TPSA) is 77.1 Å². The van der Waals surface area contributed by atoms with Crippen LogP contribution < -0.4 is 5.32 Å². The molecule has 2 atom stereocenters. The van der Waals surface area contributed by atoms with Crippen LogP contribution in [0, 0.1) is 5.92 Å². The summed E-state index contributed by atoms with van der Waals surface area (Å²) in [6.07, 6.45) is 1.57. The van der Waals surface area contributed by atoms with E-state index in [4.69, 9.17) is 14.2 Å². The van der Waals surface area contributed by atoms with Gasteiger partial charge in [-0.15, -0.1) is 0 Å². The molecule has 2 aliphatic rings. The van der Waals surface area contributed by atoms with E-state index in [2.05, 4.69) is 5.32 Å². The molecule has 2 heterocycles. The Labute approximate surface area is 159 Å². The third-order valence-corrected chi connectivity index (χ3v) is 4.42. The second-order valence-corrected chi connectivity index (χ2v) is 7.65. The number of hydrogen-bond acceptors (Lipinski definition) is 5. The van der Waals surface area contributed by atoms with Crippen molar-refractivity contribution in [2.24, 2.45) is 5.92 Å². The summed E-state index contributed by atoms with van der Waals surface area (Å²) in [6, 6.07) is 9.07. The largest absolute Gasteiger partial charge is 0.462 e. The summed E-state index contributed by atoms with van der Waals surface area (Å²) >= 11 is 0. The lowest BCUT2D eigenvalue weighted by molar-refractivity contribution is -0.131. The number of ether oxygens (including phenoxy) is 3. The maximum atomic E-state index is 12.8. The first-order valence-electron chi connectivity index (χ1n) is 9.11. The molecule has 1 aromatic rings. The summed E-state index contributed by atoms with van der Waals surface area (Å²) in [5, 5.41) is 2.86. The Bertz CT molecular complexity index is 711. The Balaban J connectivity index is 1.90. The van der Waals surface area contributed by atoms with Crippen LogP contribution >= 0.6 is 0 Å². The van der Waals surface area contributed by atoms with Gasteiger partial charge in [0.2, 0.25) is 12.7 Å². The highest BCUT2D eigenvalue weighted by atomic mass is 16.7. The van der Waals surface area contributed by atoms with Gasteiger partial charge in [0.05, 0.1) is 5.92 Å². The summed E-state index contributed by atoms with van der Waals surface area (Å²) in [5.41, 5.74) is 0.401. The Morgan fingerprint density at radius 1 is 1.33 bits per heavy atom. The van der Waals surface area contributed by atoms with Gasteiger partial charge < -0.3 is 19.5 Å². The van der Waals surface area contributed by atoms with Crippen molar-refractivity contribution in [2.75, 3.05) is 19.9 Å². The lowest BCUT2D eigenvalue weighted by Gasteiger charge is -2.39. The van der Waals surface area contributed by atoms with Crippen LogP contribution in [0.25, 0.3) is 0 Å². The molecule has 1 fully saturated rings. The molecule has 0 aromatic heterocycles. The Hall–Kier alpha value is -2.70. The quantitative estimate of drug-likeness (QED) is 0.876. The fraction of sp³-hybridized carbons (Fsp3) is 0.500. The summed E-state index contributed by atoms with van der Waals surface area (Å²) in [4.78, 5) is 27.1. The molecule has 2 amide bonds. The molecule has 1 aromatic carbocycles. The molecule has 0 saturated carbocycles. The molecule has 7 heteroatoms. The van der Waals surface area contributed by atoms with Crippen LogP contribution in [0.2, 0.25) is 0 Å². The molecule has 7 nitrogen and oxygen atoms in total. The second kappa shape index (κ2) is 7.90. The smallest absolute Gasteiger partial charge is 0.411 e. The molecule has 2 aliphatic heterocycles. The van der Waals surface area contributed by atoms with Gasteiger partial charge in [0.25, 0.3) is 0 Å². The van der Waals surface area contributed by atoms with E-state index in [9.17, 15) is 9.59 Å². The van der Waals surface area contributed by atoms with Gasteiger partial charge >= 0.3 is 6.09 Å². The van der Waals surface area contributed by atoms with Crippen molar-refractivity contribution in [3.8, 4) is 0 Å². The van der Waals surface area contributed by atoms with E-state index < -0.39 is 17.7 Å². The molecule has 2 unspecified atom stereocenters. The number of rotatable bonds is 4. The van der Waals surface area contributed by atoms with Crippen LogP contribution in [0.1, 0.15) is 26.3 Å². The fourth-order valence-corrected chi connectivity index (χ4v) is 3.29. The highest BCUT2D eigenvalue weighted by Crippen LogP contribution is 2.30. The average molecular weight is 374 g/mol. The normalized spacial score (nSPS) is 20.9. The first kappa shape index (κ1) is 19.1. The van der Waals surface area contributed by atoms with Crippen molar-refractivity contribution in [1.82, 2.24) is 10.2 Å². The number of hydrogen-bond donors (Lipinski definition) is 1. The van der Waals surface area contributed by atoms with Crippen molar-refractivity contribution in [3.63, 3.8) is 0 Å². The molecule has 146 valence electrons. The lowest BCUT2D eigenvalue weighted by atomic mass is 9.88. The van der Waals surface area contributed by atoms with Gasteiger partial charge in [-0.2, -0.15) is 0 Å². The van der Waals surface area contributed by atoms with Crippen LogP contribution in [0.4, 0.5) is 4.79 Å². The Morgan fingerprint density at radius 3 is 2.70 bits per heavy atom. The Kier molecular flexibility index (Phi) is 5.58. The predicted octanol–water partition coefficient (Wildman–Crippen LogP) is 2.43. The molecular formula is C20H26N2O5. The summed E-state index contributed by atoms with van der Waals surface area (Å²) in [7, 11) is 0. The highest BCUT2D eigenvalue weighted by Gasteiger charge is 2.43.